The van der Waals surface area contributed by atoms with Crippen molar-refractivity contribution in [1.29, 1.82) is 0 Å². The van der Waals surface area contributed by atoms with Crippen LogP contribution in [0.1, 0.15) is 0 Å². The minimum absolute atomic E-state index is 0.330. The molecule has 0 bridgehead atoms. The van der Waals surface area contributed by atoms with Crippen LogP contribution in [0.15, 0.2) is 41.3 Å². The molecule has 0 saturated heterocycles. The van der Waals surface area contributed by atoms with E-state index in [4.69, 9.17) is 4.52 Å². The van der Waals surface area contributed by atoms with Crippen molar-refractivity contribution < 1.29 is 4.52 Å². The number of aromatic nitrogens is 7. The van der Waals surface area contributed by atoms with E-state index in [1.54, 1.807) is 18.6 Å². The first kappa shape index (κ1) is 9.95. The van der Waals surface area contributed by atoms with Gasteiger partial charge in [-0.05, 0) is 18.2 Å². The Kier molecular flexibility index (Phi) is 1.95. The third-order valence-electron chi connectivity index (χ3n) is 2.60. The summed E-state index contributed by atoms with van der Waals surface area (Å²) in [6.45, 7) is 0. The van der Waals surface area contributed by atoms with Crippen molar-refractivity contribution in [3.05, 3.63) is 36.8 Å². The lowest BCUT2D eigenvalue weighted by Crippen LogP contribution is -1.91. The second-order valence-electron chi connectivity index (χ2n) is 3.83. The number of hydrogen-bond acceptors (Lipinski definition) is 6. The Bertz CT molecular complexity index is 797. The van der Waals surface area contributed by atoms with Crippen LogP contribution in [0.5, 0.6) is 0 Å². The normalized spacial score (nSPS) is 11.2. The number of aromatic amines is 1. The summed E-state index contributed by atoms with van der Waals surface area (Å²) in [6, 6.07) is 5.56. The fraction of sp³-hybridized carbons (Fsp3) is 0. The lowest BCUT2D eigenvalue weighted by atomic mass is 10.4. The number of hydrogen-bond donors (Lipinski definition) is 1. The lowest BCUT2D eigenvalue weighted by molar-refractivity contribution is 0.430. The molecule has 0 aromatic carbocycles. The quantitative estimate of drug-likeness (QED) is 0.575. The highest BCUT2D eigenvalue weighted by molar-refractivity contribution is 5.59. The summed E-state index contributed by atoms with van der Waals surface area (Å²) in [5.41, 5.74) is 1.43. The van der Waals surface area contributed by atoms with Crippen LogP contribution >= 0.6 is 0 Å². The van der Waals surface area contributed by atoms with Crippen LogP contribution in [-0.2, 0) is 0 Å². The molecule has 0 aliphatic carbocycles. The van der Waals surface area contributed by atoms with Crippen molar-refractivity contribution >= 4 is 5.52 Å². The minimum Gasteiger partial charge on any atom is -0.342 e. The van der Waals surface area contributed by atoms with Gasteiger partial charge in [-0.25, -0.2) is 4.98 Å². The van der Waals surface area contributed by atoms with E-state index in [0.717, 1.165) is 5.52 Å². The van der Waals surface area contributed by atoms with E-state index >= 15 is 0 Å². The highest BCUT2D eigenvalue weighted by Gasteiger charge is 2.15. The maximum absolute atomic E-state index is 5.18. The Morgan fingerprint density at radius 2 is 2.26 bits per heavy atom. The molecule has 0 fully saturated rings. The third kappa shape index (κ3) is 1.58. The summed E-state index contributed by atoms with van der Waals surface area (Å²) in [6.07, 6.45) is 4.98. The van der Waals surface area contributed by atoms with Crippen LogP contribution in [0.4, 0.5) is 0 Å². The SMILES string of the molecule is c1cnn2nc(-c3nc(-c4ncc[nH]4)no3)cc2c1. The van der Waals surface area contributed by atoms with Gasteiger partial charge in [-0.1, -0.05) is 5.16 Å². The van der Waals surface area contributed by atoms with E-state index in [2.05, 4.69) is 30.3 Å². The molecule has 0 amide bonds. The predicted molar refractivity (Wildman–Crippen MR) is 63.9 cm³/mol. The van der Waals surface area contributed by atoms with Crippen LogP contribution in [0.2, 0.25) is 0 Å². The Labute approximate surface area is 106 Å². The molecule has 0 unspecified atom stereocenters. The zero-order valence-corrected chi connectivity index (χ0v) is 9.56. The molecule has 8 nitrogen and oxygen atoms in total. The molecule has 8 heteroatoms. The molecular formula is C11H7N7O. The lowest BCUT2D eigenvalue weighted by Gasteiger charge is -1.85. The number of imidazole rings is 1. The first-order valence-corrected chi connectivity index (χ1v) is 5.55. The van der Waals surface area contributed by atoms with Gasteiger partial charge in [-0.2, -0.15) is 14.7 Å². The summed E-state index contributed by atoms with van der Waals surface area (Å²) in [5.74, 6) is 1.28. The van der Waals surface area contributed by atoms with Crippen molar-refractivity contribution in [2.45, 2.75) is 0 Å². The van der Waals surface area contributed by atoms with Gasteiger partial charge in [-0.15, -0.1) is 5.10 Å². The van der Waals surface area contributed by atoms with Gasteiger partial charge in [-0.3, -0.25) is 0 Å². The predicted octanol–water partition coefficient (Wildman–Crippen LogP) is 1.17. The van der Waals surface area contributed by atoms with E-state index in [1.807, 2.05) is 18.2 Å². The number of H-pyrrole nitrogens is 1. The van der Waals surface area contributed by atoms with E-state index < -0.39 is 0 Å². The Hall–Kier alpha value is -3.03. The molecule has 19 heavy (non-hydrogen) atoms. The van der Waals surface area contributed by atoms with Crippen molar-refractivity contribution in [1.82, 2.24) is 34.9 Å². The molecule has 0 radical (unpaired) electrons. The average Bonchev–Trinajstić information content (AvgIpc) is 3.17. The van der Waals surface area contributed by atoms with E-state index in [1.165, 1.54) is 4.63 Å². The molecule has 0 atom stereocenters. The van der Waals surface area contributed by atoms with Crippen molar-refractivity contribution in [3.63, 3.8) is 0 Å². The van der Waals surface area contributed by atoms with Gasteiger partial charge < -0.3 is 9.51 Å². The standard InChI is InChI=1S/C11H7N7O/c1-2-7-6-8(16-18(7)14-3-1)11-15-10(17-19-11)9-12-4-5-13-9/h1-6H,(H,12,13). The van der Waals surface area contributed by atoms with Crippen LogP contribution in [-0.4, -0.2) is 34.9 Å². The largest absolute Gasteiger partial charge is 0.342 e. The average molecular weight is 253 g/mol. The molecule has 4 rings (SSSR count). The van der Waals surface area contributed by atoms with E-state index in [0.29, 0.717) is 23.2 Å². The Morgan fingerprint density at radius 1 is 1.26 bits per heavy atom. The minimum atomic E-state index is 0.330. The van der Waals surface area contributed by atoms with Gasteiger partial charge in [0.25, 0.3) is 5.89 Å². The van der Waals surface area contributed by atoms with Gasteiger partial charge >= 0.3 is 0 Å². The summed E-state index contributed by atoms with van der Waals surface area (Å²) in [7, 11) is 0. The maximum atomic E-state index is 5.18. The second-order valence-corrected chi connectivity index (χ2v) is 3.83. The van der Waals surface area contributed by atoms with Crippen LogP contribution in [0, 0.1) is 0 Å². The zero-order valence-electron chi connectivity index (χ0n) is 9.56. The molecule has 0 aliphatic heterocycles. The highest BCUT2D eigenvalue weighted by atomic mass is 16.5. The van der Waals surface area contributed by atoms with Crippen molar-refractivity contribution in [2.75, 3.05) is 0 Å². The van der Waals surface area contributed by atoms with Crippen LogP contribution in [0.3, 0.4) is 0 Å². The monoisotopic (exact) mass is 253 g/mol. The molecule has 92 valence electrons. The van der Waals surface area contributed by atoms with E-state index in [-0.39, 0.29) is 0 Å². The van der Waals surface area contributed by atoms with Gasteiger partial charge in [0.15, 0.2) is 11.5 Å². The summed E-state index contributed by atoms with van der Waals surface area (Å²) < 4.78 is 6.69. The number of nitrogens with one attached hydrogen (secondary N) is 1. The topological polar surface area (TPSA) is 97.8 Å². The number of fused-ring (bicyclic) bond motifs is 1. The highest BCUT2D eigenvalue weighted by Crippen LogP contribution is 2.19. The molecule has 4 aromatic heterocycles. The van der Waals surface area contributed by atoms with Gasteiger partial charge in [0.2, 0.25) is 5.82 Å². The smallest absolute Gasteiger partial charge is 0.278 e. The summed E-state index contributed by atoms with van der Waals surface area (Å²) in [5, 5.41) is 12.2. The maximum Gasteiger partial charge on any atom is 0.278 e. The first-order valence-electron chi connectivity index (χ1n) is 5.55. The number of rotatable bonds is 2. The summed E-state index contributed by atoms with van der Waals surface area (Å²) >= 11 is 0. The third-order valence-corrected chi connectivity index (χ3v) is 2.60. The van der Waals surface area contributed by atoms with Crippen molar-refractivity contribution in [2.24, 2.45) is 0 Å². The fourth-order valence-electron chi connectivity index (χ4n) is 1.75. The Morgan fingerprint density at radius 3 is 3.11 bits per heavy atom. The molecule has 0 saturated carbocycles. The molecule has 0 spiro atoms. The van der Waals surface area contributed by atoms with Crippen LogP contribution < -0.4 is 0 Å². The van der Waals surface area contributed by atoms with Crippen molar-refractivity contribution in [3.8, 4) is 23.2 Å². The zero-order chi connectivity index (χ0) is 12.7. The summed E-state index contributed by atoms with van der Waals surface area (Å²) in [4.78, 5) is 11.2. The number of nitrogens with zero attached hydrogens (tertiary/aromatic N) is 6. The van der Waals surface area contributed by atoms with E-state index in [9.17, 15) is 0 Å². The fourth-order valence-corrected chi connectivity index (χ4v) is 1.75. The van der Waals surface area contributed by atoms with Crippen LogP contribution in [0.25, 0.3) is 28.8 Å². The molecular weight excluding hydrogens is 246 g/mol. The molecule has 4 heterocycles. The molecule has 4 aromatic rings. The van der Waals surface area contributed by atoms with Gasteiger partial charge in [0.1, 0.15) is 0 Å². The molecule has 1 N–H and O–H groups in total. The first-order chi connectivity index (χ1) is 9.40. The molecule has 0 aliphatic rings. The second kappa shape index (κ2) is 3.73. The Balaban J connectivity index is 1.80. The van der Waals surface area contributed by atoms with Gasteiger partial charge in [0, 0.05) is 18.6 Å². The van der Waals surface area contributed by atoms with Gasteiger partial charge in [0.05, 0.1) is 5.52 Å².